The molecule has 9 heteroatoms. The summed E-state index contributed by atoms with van der Waals surface area (Å²) in [7, 11) is 1.92. The monoisotopic (exact) mass is 503 g/mol. The summed E-state index contributed by atoms with van der Waals surface area (Å²) in [5.41, 5.74) is 2.06. The van der Waals surface area contributed by atoms with Gasteiger partial charge in [0.2, 0.25) is 0 Å². The molecule has 2 aliphatic carbocycles. The van der Waals surface area contributed by atoms with Gasteiger partial charge < -0.3 is 10.0 Å². The smallest absolute Gasteiger partial charge is 0.256 e. The predicted octanol–water partition coefficient (Wildman–Crippen LogP) is 3.00. The van der Waals surface area contributed by atoms with E-state index in [1.165, 1.54) is 0 Å². The van der Waals surface area contributed by atoms with Crippen LogP contribution in [0.25, 0.3) is 22.0 Å². The second-order valence-corrected chi connectivity index (χ2v) is 11.1. The zero-order chi connectivity index (χ0) is 24.8. The molecule has 2 aliphatic heterocycles. The number of aryl methyl sites for hydroxylation is 1. The average molecular weight is 504 g/mol. The van der Waals surface area contributed by atoms with Crippen molar-refractivity contribution in [3.05, 3.63) is 53.2 Å². The Labute approximate surface area is 213 Å². The number of aliphatic imine (C=N–C) groups is 1. The minimum absolute atomic E-state index is 0.0327. The third kappa shape index (κ3) is 3.31. The van der Waals surface area contributed by atoms with Gasteiger partial charge in [0.15, 0.2) is 0 Å². The number of nitrogens with zero attached hydrogens (tertiary/aromatic N) is 5. The molecule has 2 amide bonds. The van der Waals surface area contributed by atoms with Gasteiger partial charge in [-0.1, -0.05) is 23.7 Å². The number of fused-ring (bicyclic) bond motifs is 1. The summed E-state index contributed by atoms with van der Waals surface area (Å²) in [6.45, 7) is 1.60. The van der Waals surface area contributed by atoms with Crippen LogP contribution >= 0.6 is 11.6 Å². The molecule has 2 saturated carbocycles. The topological polar surface area (TPSA) is 91.0 Å². The normalized spacial score (nSPS) is 21.8. The summed E-state index contributed by atoms with van der Waals surface area (Å²) in [5, 5.41) is 16.0. The van der Waals surface area contributed by atoms with Crippen LogP contribution in [-0.4, -0.2) is 73.1 Å². The summed E-state index contributed by atoms with van der Waals surface area (Å²) in [4.78, 5) is 34.0. The lowest BCUT2D eigenvalue weighted by Crippen LogP contribution is -2.57. The van der Waals surface area contributed by atoms with Crippen molar-refractivity contribution in [3.8, 4) is 11.1 Å². The van der Waals surface area contributed by atoms with Gasteiger partial charge in [0, 0.05) is 43.5 Å². The van der Waals surface area contributed by atoms with Crippen LogP contribution < -0.4 is 0 Å². The minimum Gasteiger partial charge on any atom is -0.380 e. The largest absolute Gasteiger partial charge is 0.380 e. The number of carbonyl (C=O) groups excluding carboxylic acids is 2. The molecule has 2 aromatic carbocycles. The molecule has 3 aromatic rings. The highest BCUT2D eigenvalue weighted by molar-refractivity contribution is 6.35. The lowest BCUT2D eigenvalue weighted by Gasteiger charge is -2.42. The number of carbonyl (C=O) groups is 2. The number of hydrogen-bond acceptors (Lipinski definition) is 5. The number of rotatable bonds is 5. The molecule has 8 nitrogen and oxygen atoms in total. The minimum atomic E-state index is -1.14. The van der Waals surface area contributed by atoms with Crippen molar-refractivity contribution in [2.45, 2.75) is 36.8 Å². The average Bonchev–Trinajstić information content (AvgIpc) is 3.74. The second kappa shape index (κ2) is 7.40. The van der Waals surface area contributed by atoms with E-state index in [1.807, 2.05) is 42.2 Å². The van der Waals surface area contributed by atoms with Crippen molar-refractivity contribution in [2.75, 3.05) is 19.6 Å². The molecule has 184 valence electrons. The molecule has 0 radical (unpaired) electrons. The molecular formula is C27H26ClN5O3. The first kappa shape index (κ1) is 22.0. The first-order valence-electron chi connectivity index (χ1n) is 12.4. The Morgan fingerprint density at radius 1 is 1.11 bits per heavy atom. The number of hydrogen-bond donors (Lipinski definition) is 1. The van der Waals surface area contributed by atoms with Gasteiger partial charge in [-0.05, 0) is 61.1 Å². The maximum Gasteiger partial charge on any atom is 0.256 e. The maximum absolute atomic E-state index is 13.3. The number of amidine groups is 1. The van der Waals surface area contributed by atoms with Crippen molar-refractivity contribution >= 4 is 40.2 Å². The molecule has 3 heterocycles. The maximum atomic E-state index is 13.3. The van der Waals surface area contributed by atoms with Crippen LogP contribution in [-0.2, 0) is 16.6 Å². The number of halogens is 1. The van der Waals surface area contributed by atoms with Crippen LogP contribution in [0.1, 0.15) is 31.2 Å². The third-order valence-electron chi connectivity index (χ3n) is 8.04. The van der Waals surface area contributed by atoms with Crippen LogP contribution in [0.15, 0.2) is 47.6 Å². The molecule has 1 aromatic heterocycles. The van der Waals surface area contributed by atoms with Gasteiger partial charge in [-0.15, -0.1) is 0 Å². The van der Waals surface area contributed by atoms with Crippen molar-refractivity contribution < 1.29 is 14.7 Å². The van der Waals surface area contributed by atoms with E-state index >= 15 is 0 Å². The first-order valence-corrected chi connectivity index (χ1v) is 12.8. The van der Waals surface area contributed by atoms with Crippen molar-refractivity contribution in [1.82, 2.24) is 19.6 Å². The van der Waals surface area contributed by atoms with E-state index in [2.05, 4.69) is 17.2 Å². The van der Waals surface area contributed by atoms with E-state index in [9.17, 15) is 14.7 Å². The molecule has 3 fully saturated rings. The predicted molar refractivity (Wildman–Crippen MR) is 136 cm³/mol. The Bertz CT molecular complexity index is 1480. The van der Waals surface area contributed by atoms with E-state index in [1.54, 1.807) is 9.80 Å². The lowest BCUT2D eigenvalue weighted by atomic mass is 9.97. The molecule has 4 aliphatic rings. The zero-order valence-electron chi connectivity index (χ0n) is 19.9. The Hall–Kier alpha value is -3.23. The number of benzene rings is 2. The molecule has 0 atom stereocenters. The summed E-state index contributed by atoms with van der Waals surface area (Å²) in [6.07, 6.45) is 4.45. The summed E-state index contributed by atoms with van der Waals surface area (Å²) in [6, 6.07) is 12.1. The Kier molecular flexibility index (Phi) is 4.52. The standard InChI is InChI=1S/C27H26ClN5O3/c1-31-22-5-3-17(10-19(22)12-29-31)18-2-4-20(21(28)11-18)23-30-26(6-7-26)24(34)33(23)15-16-13-32(14-16)25(35)27(36)8-9-27/h2-5,10-12,16,36H,6-9,13-15H2,1H3. The van der Waals surface area contributed by atoms with Gasteiger partial charge in [-0.2, -0.15) is 5.10 Å². The number of likely N-dealkylation sites (tertiary alicyclic amines) is 1. The number of aromatic nitrogens is 2. The van der Waals surface area contributed by atoms with Gasteiger partial charge in [0.1, 0.15) is 17.0 Å². The Balaban J connectivity index is 1.13. The van der Waals surface area contributed by atoms with Crippen molar-refractivity contribution in [1.29, 1.82) is 0 Å². The fourth-order valence-corrected chi connectivity index (χ4v) is 5.70. The Morgan fingerprint density at radius 3 is 2.53 bits per heavy atom. The molecule has 1 spiro atoms. The quantitative estimate of drug-likeness (QED) is 0.579. The summed E-state index contributed by atoms with van der Waals surface area (Å²) in [5.74, 6) is 0.637. The van der Waals surface area contributed by atoms with Crippen molar-refractivity contribution in [3.63, 3.8) is 0 Å². The first-order chi connectivity index (χ1) is 17.3. The van der Waals surface area contributed by atoms with Crippen LogP contribution in [0.4, 0.5) is 0 Å². The SMILES string of the molecule is Cn1ncc2cc(-c3ccc(C4=NC5(CC5)C(=O)N4CC4CN(C(=O)C5(O)CC5)C4)c(Cl)c3)ccc21. The van der Waals surface area contributed by atoms with Gasteiger partial charge in [0.05, 0.1) is 16.7 Å². The fraction of sp³-hybridized carbons (Fsp3) is 0.407. The molecular weight excluding hydrogens is 478 g/mol. The molecule has 0 bridgehead atoms. The molecule has 36 heavy (non-hydrogen) atoms. The van der Waals surface area contributed by atoms with Crippen LogP contribution in [0.3, 0.4) is 0 Å². The molecule has 7 rings (SSSR count). The van der Waals surface area contributed by atoms with E-state index in [0.717, 1.165) is 40.4 Å². The van der Waals surface area contributed by atoms with Crippen LogP contribution in [0.5, 0.6) is 0 Å². The van der Waals surface area contributed by atoms with E-state index in [-0.39, 0.29) is 17.7 Å². The number of aliphatic hydroxyl groups is 1. The van der Waals surface area contributed by atoms with E-state index < -0.39 is 11.1 Å². The summed E-state index contributed by atoms with van der Waals surface area (Å²) >= 11 is 6.80. The van der Waals surface area contributed by atoms with Gasteiger partial charge in [-0.3, -0.25) is 24.2 Å². The van der Waals surface area contributed by atoms with Gasteiger partial charge in [-0.25, -0.2) is 0 Å². The highest BCUT2D eigenvalue weighted by atomic mass is 35.5. The number of amides is 2. The fourth-order valence-electron chi connectivity index (χ4n) is 5.43. The zero-order valence-corrected chi connectivity index (χ0v) is 20.7. The van der Waals surface area contributed by atoms with Crippen molar-refractivity contribution in [2.24, 2.45) is 18.0 Å². The molecule has 0 unspecified atom stereocenters. The Morgan fingerprint density at radius 2 is 1.83 bits per heavy atom. The highest BCUT2D eigenvalue weighted by Gasteiger charge is 2.58. The highest BCUT2D eigenvalue weighted by Crippen LogP contribution is 2.47. The van der Waals surface area contributed by atoms with Crippen LogP contribution in [0, 0.1) is 5.92 Å². The molecule has 1 N–H and O–H groups in total. The van der Waals surface area contributed by atoms with E-state index in [4.69, 9.17) is 16.6 Å². The molecule has 1 saturated heterocycles. The lowest BCUT2D eigenvalue weighted by molar-refractivity contribution is -0.149. The van der Waals surface area contributed by atoms with E-state index in [0.29, 0.717) is 43.3 Å². The van der Waals surface area contributed by atoms with Crippen LogP contribution in [0.2, 0.25) is 5.02 Å². The third-order valence-corrected chi connectivity index (χ3v) is 8.35. The summed E-state index contributed by atoms with van der Waals surface area (Å²) < 4.78 is 1.85. The second-order valence-electron chi connectivity index (χ2n) is 10.7. The van der Waals surface area contributed by atoms with Gasteiger partial charge in [0.25, 0.3) is 11.8 Å². The van der Waals surface area contributed by atoms with Gasteiger partial charge >= 0.3 is 0 Å².